The summed E-state index contributed by atoms with van der Waals surface area (Å²) >= 11 is 0. The van der Waals surface area contributed by atoms with Crippen LogP contribution in [-0.2, 0) is 31.9 Å². The van der Waals surface area contributed by atoms with Gasteiger partial charge in [-0.1, -0.05) is 67.3 Å². The van der Waals surface area contributed by atoms with Gasteiger partial charge in [0, 0.05) is 24.0 Å². The Morgan fingerprint density at radius 1 is 0.674 bits per heavy atom. The second-order valence-corrected chi connectivity index (χ2v) is 10.7. The van der Waals surface area contributed by atoms with E-state index in [9.17, 15) is 14.7 Å². The van der Waals surface area contributed by atoms with Gasteiger partial charge < -0.3 is 19.3 Å². The van der Waals surface area contributed by atoms with Crippen molar-refractivity contribution in [2.75, 3.05) is 26.4 Å². The van der Waals surface area contributed by atoms with Gasteiger partial charge >= 0.3 is 11.9 Å². The van der Waals surface area contributed by atoms with Crippen LogP contribution in [0, 0.1) is 6.92 Å². The van der Waals surface area contributed by atoms with Gasteiger partial charge in [0.25, 0.3) is 0 Å². The molecule has 4 aromatic rings. The van der Waals surface area contributed by atoms with Crippen molar-refractivity contribution in [3.8, 4) is 28.0 Å². The van der Waals surface area contributed by atoms with E-state index in [0.29, 0.717) is 29.7 Å². The molecule has 6 heteroatoms. The average molecular weight is 579 g/mol. The number of ether oxygens (including phenoxy) is 3. The van der Waals surface area contributed by atoms with E-state index < -0.39 is 11.9 Å². The molecule has 0 aliphatic carbocycles. The zero-order valence-electron chi connectivity index (χ0n) is 25.1. The molecule has 1 N–H and O–H groups in total. The third kappa shape index (κ3) is 8.21. The summed E-state index contributed by atoms with van der Waals surface area (Å²) in [7, 11) is 0. The summed E-state index contributed by atoms with van der Waals surface area (Å²) < 4.78 is 16.7. The highest BCUT2D eigenvalue weighted by Gasteiger charge is 2.16. The second-order valence-electron chi connectivity index (χ2n) is 10.7. The van der Waals surface area contributed by atoms with Crippen LogP contribution in [0.4, 0.5) is 0 Å². The first kappa shape index (κ1) is 31.3. The van der Waals surface area contributed by atoms with Crippen LogP contribution in [0.3, 0.4) is 0 Å². The predicted octanol–water partition coefficient (Wildman–Crippen LogP) is 7.18. The van der Waals surface area contributed by atoms with Gasteiger partial charge in [0.05, 0.1) is 19.8 Å². The SMILES string of the molecule is C=C(C)C(=O)OCCc1cc(-c2ccc3cc(-c4ccc(C)cc4)ccc3c2)c(CCOC(=O)C(=C)C)cc1OCCO. The lowest BCUT2D eigenvalue weighted by Gasteiger charge is -2.18. The van der Waals surface area contributed by atoms with Crippen molar-refractivity contribution >= 4 is 22.7 Å². The largest absolute Gasteiger partial charge is 0.491 e. The number of carbonyl (C=O) groups excluding carboxylic acids is 2. The number of rotatable bonds is 13. The molecule has 0 amide bonds. The molecule has 0 spiro atoms. The van der Waals surface area contributed by atoms with Crippen LogP contribution < -0.4 is 4.74 Å². The average Bonchev–Trinajstić information content (AvgIpc) is 3.00. The lowest BCUT2D eigenvalue weighted by atomic mass is 9.92. The topological polar surface area (TPSA) is 82.1 Å². The summed E-state index contributed by atoms with van der Waals surface area (Å²) in [4.78, 5) is 24.0. The molecular weight excluding hydrogens is 540 g/mol. The van der Waals surface area contributed by atoms with Crippen LogP contribution >= 0.6 is 0 Å². The van der Waals surface area contributed by atoms with Gasteiger partial charge in [0.2, 0.25) is 0 Å². The first-order valence-corrected chi connectivity index (χ1v) is 14.3. The minimum atomic E-state index is -0.450. The molecule has 0 bridgehead atoms. The van der Waals surface area contributed by atoms with Crippen molar-refractivity contribution in [2.45, 2.75) is 33.6 Å². The quantitative estimate of drug-likeness (QED) is 0.134. The number of carbonyl (C=O) groups is 2. The second kappa shape index (κ2) is 14.5. The first-order valence-electron chi connectivity index (χ1n) is 14.3. The summed E-state index contributed by atoms with van der Waals surface area (Å²) in [5, 5.41) is 11.6. The minimum absolute atomic E-state index is 0.112. The lowest BCUT2D eigenvalue weighted by molar-refractivity contribution is -0.139. The summed E-state index contributed by atoms with van der Waals surface area (Å²) in [6, 6.07) is 25.2. The van der Waals surface area contributed by atoms with Crippen LogP contribution in [-0.4, -0.2) is 43.5 Å². The molecule has 6 nitrogen and oxygen atoms in total. The van der Waals surface area contributed by atoms with Crippen molar-refractivity contribution in [1.82, 2.24) is 0 Å². The molecule has 0 aromatic heterocycles. The zero-order chi connectivity index (χ0) is 30.9. The molecule has 0 heterocycles. The van der Waals surface area contributed by atoms with Crippen molar-refractivity contribution < 1.29 is 28.9 Å². The molecule has 0 saturated heterocycles. The molecular formula is C37H38O6. The Bertz CT molecular complexity index is 1650. The standard InChI is InChI=1S/C37H38O6/c1-24(2)36(39)42-17-14-32-23-35(41-19-16-38)33(15-18-43-37(40)25(3)4)22-34(32)31-13-12-29-20-28(10-11-30(29)21-31)27-8-6-26(5)7-9-27/h6-13,20-23,38H,1,3,14-19H2,2,4-5H3. The summed E-state index contributed by atoms with van der Waals surface area (Å²) in [6.45, 7) is 12.9. The summed E-state index contributed by atoms with van der Waals surface area (Å²) in [6.07, 6.45) is 0.852. The van der Waals surface area contributed by atoms with Crippen molar-refractivity contribution in [2.24, 2.45) is 0 Å². The number of hydrogen-bond acceptors (Lipinski definition) is 6. The van der Waals surface area contributed by atoms with Crippen molar-refractivity contribution in [1.29, 1.82) is 0 Å². The molecule has 0 radical (unpaired) electrons. The van der Waals surface area contributed by atoms with E-state index in [1.165, 1.54) is 11.1 Å². The highest BCUT2D eigenvalue weighted by molar-refractivity contribution is 5.91. The number of aryl methyl sites for hydroxylation is 1. The number of fused-ring (bicyclic) bond motifs is 1. The normalized spacial score (nSPS) is 10.8. The van der Waals surface area contributed by atoms with Gasteiger partial charge in [-0.25, -0.2) is 9.59 Å². The van der Waals surface area contributed by atoms with Gasteiger partial charge in [-0.05, 0) is 89.2 Å². The number of aliphatic hydroxyl groups excluding tert-OH is 1. The Labute approximate surface area is 253 Å². The molecule has 0 saturated carbocycles. The predicted molar refractivity (Wildman–Crippen MR) is 171 cm³/mol. The lowest BCUT2D eigenvalue weighted by Crippen LogP contribution is -2.11. The Balaban J connectivity index is 1.72. The van der Waals surface area contributed by atoms with E-state index in [-0.39, 0.29) is 26.4 Å². The van der Waals surface area contributed by atoms with E-state index >= 15 is 0 Å². The maximum atomic E-state index is 12.0. The molecule has 0 aliphatic rings. The third-order valence-electron chi connectivity index (χ3n) is 7.08. The molecule has 4 aromatic carbocycles. The fourth-order valence-electron chi connectivity index (χ4n) is 4.72. The Morgan fingerprint density at radius 3 is 1.79 bits per heavy atom. The van der Waals surface area contributed by atoms with E-state index in [4.69, 9.17) is 14.2 Å². The van der Waals surface area contributed by atoms with E-state index in [1.807, 2.05) is 12.1 Å². The number of benzene rings is 4. The van der Waals surface area contributed by atoms with E-state index in [2.05, 4.69) is 80.7 Å². The Morgan fingerprint density at radius 2 is 1.21 bits per heavy atom. The zero-order valence-corrected chi connectivity index (χ0v) is 25.1. The molecule has 0 unspecified atom stereocenters. The van der Waals surface area contributed by atoms with Gasteiger partial charge in [0.15, 0.2) is 0 Å². The Kier molecular flexibility index (Phi) is 10.5. The van der Waals surface area contributed by atoms with E-state index in [1.54, 1.807) is 13.8 Å². The smallest absolute Gasteiger partial charge is 0.333 e. The third-order valence-corrected chi connectivity index (χ3v) is 7.08. The Hall–Kier alpha value is -4.68. The molecule has 43 heavy (non-hydrogen) atoms. The fraction of sp³-hybridized carbons (Fsp3) is 0.243. The molecule has 0 aliphatic heterocycles. The van der Waals surface area contributed by atoms with E-state index in [0.717, 1.165) is 38.6 Å². The monoisotopic (exact) mass is 578 g/mol. The van der Waals surface area contributed by atoms with Gasteiger partial charge in [-0.2, -0.15) is 0 Å². The van der Waals surface area contributed by atoms with Crippen LogP contribution in [0.1, 0.15) is 30.5 Å². The molecule has 0 fully saturated rings. The van der Waals surface area contributed by atoms with Crippen LogP contribution in [0.2, 0.25) is 0 Å². The number of aliphatic hydroxyl groups is 1. The van der Waals surface area contributed by atoms with Crippen LogP contribution in [0.5, 0.6) is 5.75 Å². The molecule has 4 rings (SSSR count). The van der Waals surface area contributed by atoms with Crippen LogP contribution in [0.15, 0.2) is 97.1 Å². The minimum Gasteiger partial charge on any atom is -0.491 e. The van der Waals surface area contributed by atoms with Gasteiger partial charge in [-0.3, -0.25) is 0 Å². The van der Waals surface area contributed by atoms with Gasteiger partial charge in [0.1, 0.15) is 12.4 Å². The first-order chi connectivity index (χ1) is 20.7. The summed E-state index contributed by atoms with van der Waals surface area (Å²) in [5.74, 6) is -0.313. The molecule has 222 valence electrons. The molecule has 0 atom stereocenters. The number of esters is 2. The van der Waals surface area contributed by atoms with Crippen molar-refractivity contribution in [3.63, 3.8) is 0 Å². The fourth-order valence-corrected chi connectivity index (χ4v) is 4.72. The van der Waals surface area contributed by atoms with Crippen molar-refractivity contribution in [3.05, 3.63) is 114 Å². The summed E-state index contributed by atoms with van der Waals surface area (Å²) in [5.41, 5.74) is 7.90. The highest BCUT2D eigenvalue weighted by Crippen LogP contribution is 2.35. The van der Waals surface area contributed by atoms with Crippen LogP contribution in [0.25, 0.3) is 33.0 Å². The van der Waals surface area contributed by atoms with Gasteiger partial charge in [-0.15, -0.1) is 0 Å². The maximum absolute atomic E-state index is 12.0. The maximum Gasteiger partial charge on any atom is 0.333 e. The highest BCUT2D eigenvalue weighted by atomic mass is 16.5. The number of hydrogen-bond donors (Lipinski definition) is 1.